The van der Waals surface area contributed by atoms with Crippen LogP contribution in [0.5, 0.6) is 5.75 Å². The number of anilines is 1. The van der Waals surface area contributed by atoms with Crippen molar-refractivity contribution in [2.24, 2.45) is 7.05 Å². The number of aromatic nitrogens is 2. The molecule has 102 valence electrons. The van der Waals surface area contributed by atoms with Crippen molar-refractivity contribution in [2.75, 3.05) is 12.8 Å². The Kier molecular flexibility index (Phi) is 3.51. The highest BCUT2D eigenvalue weighted by Crippen LogP contribution is 2.38. The van der Waals surface area contributed by atoms with E-state index in [1.165, 1.54) is 5.56 Å². The second kappa shape index (κ2) is 4.96. The van der Waals surface area contributed by atoms with E-state index in [2.05, 4.69) is 38.0 Å². The second-order valence-corrected chi connectivity index (χ2v) is 5.11. The van der Waals surface area contributed by atoms with Crippen molar-refractivity contribution < 1.29 is 4.74 Å². The number of nitrogen functional groups attached to an aromatic ring is 1. The molecule has 1 aromatic carbocycles. The molecule has 0 saturated carbocycles. The first kappa shape index (κ1) is 13.5. The standard InChI is InChI=1S/C15H21N3O/c1-9(2)11-7-6-10(3)14(15(11)19-5)12-8-13(16)18(4)17-12/h6-9H,16H2,1-5H3. The number of nitrogens with two attached hydrogens (primary N) is 1. The lowest BCUT2D eigenvalue weighted by atomic mass is 9.94. The van der Waals surface area contributed by atoms with Crippen molar-refractivity contribution in [1.29, 1.82) is 0 Å². The summed E-state index contributed by atoms with van der Waals surface area (Å²) in [5.74, 6) is 1.94. The van der Waals surface area contributed by atoms with Crippen LogP contribution in [0.25, 0.3) is 11.3 Å². The van der Waals surface area contributed by atoms with Gasteiger partial charge in [0.05, 0.1) is 12.8 Å². The van der Waals surface area contributed by atoms with Crippen LogP contribution < -0.4 is 10.5 Å². The molecular weight excluding hydrogens is 238 g/mol. The fourth-order valence-electron chi connectivity index (χ4n) is 2.29. The maximum absolute atomic E-state index is 5.88. The number of hydrogen-bond donors (Lipinski definition) is 1. The molecule has 4 heteroatoms. The van der Waals surface area contributed by atoms with Crippen molar-refractivity contribution in [1.82, 2.24) is 9.78 Å². The van der Waals surface area contributed by atoms with Crippen LogP contribution in [0.4, 0.5) is 5.82 Å². The minimum Gasteiger partial charge on any atom is -0.496 e. The number of rotatable bonds is 3. The van der Waals surface area contributed by atoms with Gasteiger partial charge in [0.25, 0.3) is 0 Å². The van der Waals surface area contributed by atoms with Crippen LogP contribution in [0, 0.1) is 6.92 Å². The van der Waals surface area contributed by atoms with Gasteiger partial charge in [0, 0.05) is 18.7 Å². The van der Waals surface area contributed by atoms with Crippen LogP contribution in [-0.4, -0.2) is 16.9 Å². The van der Waals surface area contributed by atoms with E-state index >= 15 is 0 Å². The molecule has 0 aliphatic carbocycles. The number of hydrogen-bond acceptors (Lipinski definition) is 3. The zero-order valence-electron chi connectivity index (χ0n) is 12.2. The van der Waals surface area contributed by atoms with Crippen LogP contribution in [0.2, 0.25) is 0 Å². The first-order valence-electron chi connectivity index (χ1n) is 6.43. The molecule has 19 heavy (non-hydrogen) atoms. The van der Waals surface area contributed by atoms with Gasteiger partial charge in [0.15, 0.2) is 0 Å². The van der Waals surface area contributed by atoms with Gasteiger partial charge in [-0.15, -0.1) is 0 Å². The normalized spacial score (nSPS) is 11.1. The summed E-state index contributed by atoms with van der Waals surface area (Å²) in [4.78, 5) is 0. The van der Waals surface area contributed by atoms with E-state index in [-0.39, 0.29) is 0 Å². The predicted molar refractivity (Wildman–Crippen MR) is 78.4 cm³/mol. The minimum atomic E-state index is 0.398. The third-order valence-electron chi connectivity index (χ3n) is 3.39. The van der Waals surface area contributed by atoms with Gasteiger partial charge < -0.3 is 10.5 Å². The third kappa shape index (κ3) is 2.30. The number of benzene rings is 1. The minimum absolute atomic E-state index is 0.398. The van der Waals surface area contributed by atoms with E-state index in [1.54, 1.807) is 11.8 Å². The summed E-state index contributed by atoms with van der Waals surface area (Å²) in [5.41, 5.74) is 10.1. The molecule has 4 nitrogen and oxygen atoms in total. The topological polar surface area (TPSA) is 53.1 Å². The smallest absolute Gasteiger partial charge is 0.132 e. The van der Waals surface area contributed by atoms with E-state index in [0.717, 1.165) is 22.6 Å². The Balaban J connectivity index is 2.70. The zero-order valence-corrected chi connectivity index (χ0v) is 12.2. The lowest BCUT2D eigenvalue weighted by Crippen LogP contribution is -2.00. The predicted octanol–water partition coefficient (Wildman–Crippen LogP) is 3.11. The molecule has 0 spiro atoms. The Morgan fingerprint density at radius 1 is 1.32 bits per heavy atom. The molecule has 0 aliphatic heterocycles. The summed E-state index contributed by atoms with van der Waals surface area (Å²) in [6.45, 7) is 6.38. The summed E-state index contributed by atoms with van der Waals surface area (Å²) in [7, 11) is 3.55. The van der Waals surface area contributed by atoms with Crippen LogP contribution in [-0.2, 0) is 7.05 Å². The molecule has 0 bridgehead atoms. The van der Waals surface area contributed by atoms with Gasteiger partial charge >= 0.3 is 0 Å². The van der Waals surface area contributed by atoms with Gasteiger partial charge in [-0.25, -0.2) is 0 Å². The highest BCUT2D eigenvalue weighted by molar-refractivity contribution is 5.74. The van der Waals surface area contributed by atoms with Crippen LogP contribution in [0.15, 0.2) is 18.2 Å². The quantitative estimate of drug-likeness (QED) is 0.921. The van der Waals surface area contributed by atoms with E-state index in [0.29, 0.717) is 11.7 Å². The van der Waals surface area contributed by atoms with Crippen molar-refractivity contribution in [3.63, 3.8) is 0 Å². The molecule has 2 aromatic rings. The molecule has 0 radical (unpaired) electrons. The Labute approximate surface area is 114 Å². The molecular formula is C15H21N3O. The maximum atomic E-state index is 5.88. The summed E-state index contributed by atoms with van der Waals surface area (Å²) >= 11 is 0. The number of methoxy groups -OCH3 is 1. The van der Waals surface area contributed by atoms with E-state index in [9.17, 15) is 0 Å². The molecule has 0 unspecified atom stereocenters. The summed E-state index contributed by atoms with van der Waals surface area (Å²) in [5, 5.41) is 4.46. The van der Waals surface area contributed by atoms with E-state index in [1.807, 2.05) is 13.1 Å². The average Bonchev–Trinajstić information content (AvgIpc) is 2.68. The molecule has 0 fully saturated rings. The van der Waals surface area contributed by atoms with Gasteiger partial charge in [-0.3, -0.25) is 4.68 Å². The molecule has 1 heterocycles. The van der Waals surface area contributed by atoms with Gasteiger partial charge in [-0.1, -0.05) is 26.0 Å². The first-order chi connectivity index (χ1) is 8.95. The third-order valence-corrected chi connectivity index (χ3v) is 3.39. The largest absolute Gasteiger partial charge is 0.496 e. The molecule has 0 saturated heterocycles. The number of aryl methyl sites for hydroxylation is 2. The second-order valence-electron chi connectivity index (χ2n) is 5.11. The van der Waals surface area contributed by atoms with E-state index in [4.69, 9.17) is 10.5 Å². The highest BCUT2D eigenvalue weighted by atomic mass is 16.5. The van der Waals surface area contributed by atoms with Crippen molar-refractivity contribution >= 4 is 5.82 Å². The molecule has 1 aromatic heterocycles. The SMILES string of the molecule is COc1c(C(C)C)ccc(C)c1-c1cc(N)n(C)n1. The lowest BCUT2D eigenvalue weighted by molar-refractivity contribution is 0.409. The number of ether oxygens (including phenoxy) is 1. The van der Waals surface area contributed by atoms with Crippen LogP contribution in [0.1, 0.15) is 30.9 Å². The Bertz CT molecular complexity index is 580. The fourth-order valence-corrected chi connectivity index (χ4v) is 2.29. The van der Waals surface area contributed by atoms with Crippen LogP contribution >= 0.6 is 0 Å². The fraction of sp³-hybridized carbons (Fsp3) is 0.400. The highest BCUT2D eigenvalue weighted by Gasteiger charge is 2.18. The Morgan fingerprint density at radius 3 is 2.47 bits per heavy atom. The zero-order chi connectivity index (χ0) is 14.2. The van der Waals surface area contributed by atoms with Gasteiger partial charge in [0.1, 0.15) is 11.6 Å². The van der Waals surface area contributed by atoms with Crippen molar-refractivity contribution in [3.05, 3.63) is 29.3 Å². The maximum Gasteiger partial charge on any atom is 0.132 e. The molecule has 0 atom stereocenters. The Hall–Kier alpha value is -1.97. The number of nitrogens with zero attached hydrogens (tertiary/aromatic N) is 2. The summed E-state index contributed by atoms with van der Waals surface area (Å²) in [6.07, 6.45) is 0. The van der Waals surface area contributed by atoms with Gasteiger partial charge in [-0.2, -0.15) is 5.10 Å². The van der Waals surface area contributed by atoms with Crippen molar-refractivity contribution in [3.8, 4) is 17.0 Å². The van der Waals surface area contributed by atoms with Gasteiger partial charge in [0.2, 0.25) is 0 Å². The van der Waals surface area contributed by atoms with Crippen LogP contribution in [0.3, 0.4) is 0 Å². The monoisotopic (exact) mass is 259 g/mol. The van der Waals surface area contributed by atoms with Gasteiger partial charge in [-0.05, 0) is 24.0 Å². The lowest BCUT2D eigenvalue weighted by Gasteiger charge is -2.17. The first-order valence-corrected chi connectivity index (χ1v) is 6.43. The van der Waals surface area contributed by atoms with Crippen molar-refractivity contribution in [2.45, 2.75) is 26.7 Å². The molecule has 0 amide bonds. The summed E-state index contributed by atoms with van der Waals surface area (Å²) < 4.78 is 7.31. The molecule has 2 rings (SSSR count). The average molecular weight is 259 g/mol. The molecule has 0 aliphatic rings. The molecule has 2 N–H and O–H groups in total. The van der Waals surface area contributed by atoms with E-state index < -0.39 is 0 Å². The Morgan fingerprint density at radius 2 is 2.00 bits per heavy atom. The summed E-state index contributed by atoms with van der Waals surface area (Å²) in [6, 6.07) is 6.11.